The molecular formula is C37H60O6. The van der Waals surface area contributed by atoms with Gasteiger partial charge in [-0.2, -0.15) is 0 Å². The second kappa shape index (κ2) is 11.3. The average Bonchev–Trinajstić information content (AvgIpc) is 3.29. The predicted molar refractivity (Wildman–Crippen MR) is 167 cm³/mol. The Balaban J connectivity index is 1.40. The third-order valence-electron chi connectivity index (χ3n) is 15.2. The van der Waals surface area contributed by atoms with Crippen molar-refractivity contribution >= 4 is 17.9 Å². The van der Waals surface area contributed by atoms with Crippen molar-refractivity contribution in [2.24, 2.45) is 62.6 Å². The number of hydrogen-bond donors (Lipinski definition) is 1. The molecule has 0 amide bonds. The molecule has 10 atom stereocenters. The van der Waals surface area contributed by atoms with Gasteiger partial charge in [0.05, 0.1) is 19.4 Å². The van der Waals surface area contributed by atoms with Crippen molar-refractivity contribution in [3.05, 3.63) is 0 Å². The van der Waals surface area contributed by atoms with E-state index < -0.39 is 5.97 Å². The SMILES string of the molecule is CC(=O)O[C@H]1CC[C@]2(C)[C@H]3CC[C@H]4[C@H]5[C@H](C(C)C)CC[C@]5(CCOC(=O)CCC(=O)O)CC[C@@]4(C)[C@]3(C)CC[C@H]2C1(C)C. The van der Waals surface area contributed by atoms with Crippen molar-refractivity contribution in [1.29, 1.82) is 0 Å². The van der Waals surface area contributed by atoms with E-state index >= 15 is 0 Å². The van der Waals surface area contributed by atoms with Crippen LogP contribution in [0.2, 0.25) is 0 Å². The van der Waals surface area contributed by atoms with Gasteiger partial charge in [0.2, 0.25) is 0 Å². The standard InChI is InChI=1S/C37H60O6/c1-23(2)25-13-18-37(21-22-42-31(41)12-11-30(39)40)20-19-35(7)26(32(25)37)9-10-28-34(6)16-15-29(43-24(3)38)33(4,5)27(34)14-17-36(28,35)8/h23,25-29,32H,9-22H2,1-8H3,(H,39,40)/t25-,26-,27-,28+,29-,32+,34-,35+,36+,37+/m0/s1. The largest absolute Gasteiger partial charge is 0.481 e. The van der Waals surface area contributed by atoms with E-state index in [1.54, 1.807) is 6.92 Å². The summed E-state index contributed by atoms with van der Waals surface area (Å²) in [5.74, 6) is 2.45. The van der Waals surface area contributed by atoms with Crippen LogP contribution < -0.4 is 0 Å². The number of carbonyl (C=O) groups excluding carboxylic acids is 2. The molecule has 0 bridgehead atoms. The van der Waals surface area contributed by atoms with E-state index in [4.69, 9.17) is 14.6 Å². The van der Waals surface area contributed by atoms with E-state index in [1.807, 2.05) is 0 Å². The topological polar surface area (TPSA) is 89.9 Å². The van der Waals surface area contributed by atoms with Crippen molar-refractivity contribution in [2.75, 3.05) is 6.61 Å². The number of ether oxygens (including phenoxy) is 2. The third-order valence-corrected chi connectivity index (χ3v) is 15.2. The molecule has 0 unspecified atom stereocenters. The molecule has 0 spiro atoms. The van der Waals surface area contributed by atoms with E-state index in [0.29, 0.717) is 42.1 Å². The molecule has 43 heavy (non-hydrogen) atoms. The number of carboxylic acid groups (broad SMARTS) is 1. The molecule has 0 heterocycles. The van der Waals surface area contributed by atoms with Crippen LogP contribution in [-0.2, 0) is 23.9 Å². The fraction of sp³-hybridized carbons (Fsp3) is 0.919. The summed E-state index contributed by atoms with van der Waals surface area (Å²) in [5, 5.41) is 8.96. The van der Waals surface area contributed by atoms with Crippen LogP contribution in [0.25, 0.3) is 0 Å². The van der Waals surface area contributed by atoms with Gasteiger partial charge in [0.25, 0.3) is 0 Å². The summed E-state index contributed by atoms with van der Waals surface area (Å²) in [6.45, 7) is 19.5. The number of hydrogen-bond acceptors (Lipinski definition) is 5. The first-order valence-electron chi connectivity index (χ1n) is 17.6. The molecular weight excluding hydrogens is 540 g/mol. The first-order chi connectivity index (χ1) is 20.0. The van der Waals surface area contributed by atoms with E-state index in [1.165, 1.54) is 51.4 Å². The minimum absolute atomic E-state index is 0.0122. The zero-order chi connectivity index (χ0) is 31.6. The fourth-order valence-electron chi connectivity index (χ4n) is 13.0. The Kier molecular flexibility index (Phi) is 8.64. The lowest BCUT2D eigenvalue weighted by Crippen LogP contribution is -2.66. The Labute approximate surface area is 260 Å². The second-order valence-corrected chi connectivity index (χ2v) is 17.3. The lowest BCUT2D eigenvalue weighted by molar-refractivity contribution is -0.252. The molecule has 6 heteroatoms. The quantitative estimate of drug-likeness (QED) is 0.281. The predicted octanol–water partition coefficient (Wildman–Crippen LogP) is 8.45. The van der Waals surface area contributed by atoms with Crippen LogP contribution in [0.5, 0.6) is 0 Å². The Morgan fingerprint density at radius 1 is 0.814 bits per heavy atom. The smallest absolute Gasteiger partial charge is 0.306 e. The third kappa shape index (κ3) is 5.17. The highest BCUT2D eigenvalue weighted by atomic mass is 16.5. The van der Waals surface area contributed by atoms with Crippen LogP contribution in [0.4, 0.5) is 0 Å². The summed E-state index contributed by atoms with van der Waals surface area (Å²) in [4.78, 5) is 35.2. The lowest BCUT2D eigenvalue weighted by atomic mass is 9.32. The highest BCUT2D eigenvalue weighted by molar-refractivity contribution is 5.76. The van der Waals surface area contributed by atoms with E-state index in [0.717, 1.165) is 19.3 Å². The summed E-state index contributed by atoms with van der Waals surface area (Å²) < 4.78 is 11.6. The van der Waals surface area contributed by atoms with Crippen molar-refractivity contribution in [3.63, 3.8) is 0 Å². The van der Waals surface area contributed by atoms with Crippen molar-refractivity contribution < 1.29 is 29.0 Å². The normalized spacial score (nSPS) is 44.9. The van der Waals surface area contributed by atoms with Gasteiger partial charge in [-0.3, -0.25) is 14.4 Å². The molecule has 0 aromatic heterocycles. The summed E-state index contributed by atoms with van der Waals surface area (Å²) in [5.41, 5.74) is 1.03. The molecule has 5 aliphatic carbocycles. The molecule has 5 rings (SSSR count). The Bertz CT molecular complexity index is 1100. The molecule has 0 radical (unpaired) electrons. The molecule has 1 N–H and O–H groups in total. The number of esters is 2. The van der Waals surface area contributed by atoms with Gasteiger partial charge < -0.3 is 14.6 Å². The number of rotatable bonds is 8. The maximum atomic E-state index is 12.3. The van der Waals surface area contributed by atoms with E-state index in [2.05, 4.69) is 48.5 Å². The number of carbonyl (C=O) groups is 3. The summed E-state index contributed by atoms with van der Waals surface area (Å²) in [6.07, 6.45) is 12.9. The van der Waals surface area contributed by atoms with Gasteiger partial charge >= 0.3 is 17.9 Å². The molecule has 0 aromatic carbocycles. The highest BCUT2D eigenvalue weighted by Crippen LogP contribution is 2.78. The monoisotopic (exact) mass is 600 g/mol. The highest BCUT2D eigenvalue weighted by Gasteiger charge is 2.71. The van der Waals surface area contributed by atoms with Gasteiger partial charge in [-0.25, -0.2) is 0 Å². The molecule has 6 nitrogen and oxygen atoms in total. The zero-order valence-corrected chi connectivity index (χ0v) is 28.4. The van der Waals surface area contributed by atoms with Crippen molar-refractivity contribution in [2.45, 2.75) is 145 Å². The van der Waals surface area contributed by atoms with Gasteiger partial charge in [-0.15, -0.1) is 0 Å². The van der Waals surface area contributed by atoms with E-state index in [-0.39, 0.29) is 58.0 Å². The van der Waals surface area contributed by atoms with Crippen molar-refractivity contribution in [3.8, 4) is 0 Å². The van der Waals surface area contributed by atoms with Crippen LogP contribution in [0, 0.1) is 62.6 Å². The lowest BCUT2D eigenvalue weighted by Gasteiger charge is -2.73. The zero-order valence-electron chi connectivity index (χ0n) is 28.4. The maximum Gasteiger partial charge on any atom is 0.306 e. The Hall–Kier alpha value is -1.59. The minimum Gasteiger partial charge on any atom is -0.481 e. The van der Waals surface area contributed by atoms with Crippen LogP contribution in [0.3, 0.4) is 0 Å². The number of aliphatic carboxylic acids is 1. The Morgan fingerprint density at radius 3 is 2.19 bits per heavy atom. The van der Waals surface area contributed by atoms with Gasteiger partial charge in [0.1, 0.15) is 6.10 Å². The number of carboxylic acids is 1. The molecule has 244 valence electrons. The second-order valence-electron chi connectivity index (χ2n) is 17.3. The van der Waals surface area contributed by atoms with Crippen LogP contribution in [-0.4, -0.2) is 35.7 Å². The molecule has 5 aliphatic rings. The summed E-state index contributed by atoms with van der Waals surface area (Å²) in [6, 6.07) is 0. The Morgan fingerprint density at radius 2 is 1.53 bits per heavy atom. The molecule has 0 aromatic rings. The molecule has 5 saturated carbocycles. The maximum absolute atomic E-state index is 12.3. The average molecular weight is 601 g/mol. The molecule has 5 fully saturated rings. The first-order valence-corrected chi connectivity index (χ1v) is 17.6. The summed E-state index contributed by atoms with van der Waals surface area (Å²) >= 11 is 0. The minimum atomic E-state index is -0.953. The fourth-order valence-corrected chi connectivity index (χ4v) is 13.0. The van der Waals surface area contributed by atoms with Gasteiger partial charge in [0, 0.05) is 12.3 Å². The summed E-state index contributed by atoms with van der Waals surface area (Å²) in [7, 11) is 0. The van der Waals surface area contributed by atoms with Crippen molar-refractivity contribution in [1.82, 2.24) is 0 Å². The molecule has 0 saturated heterocycles. The van der Waals surface area contributed by atoms with Gasteiger partial charge in [0.15, 0.2) is 0 Å². The van der Waals surface area contributed by atoms with Crippen LogP contribution in [0.15, 0.2) is 0 Å². The van der Waals surface area contributed by atoms with Gasteiger partial charge in [-0.1, -0.05) is 48.5 Å². The van der Waals surface area contributed by atoms with Gasteiger partial charge in [-0.05, 0) is 128 Å². The number of fused-ring (bicyclic) bond motifs is 7. The van der Waals surface area contributed by atoms with E-state index in [9.17, 15) is 14.4 Å². The first kappa shape index (κ1) is 32.8. The molecule has 0 aliphatic heterocycles. The van der Waals surface area contributed by atoms with Crippen LogP contribution >= 0.6 is 0 Å². The van der Waals surface area contributed by atoms with Crippen LogP contribution in [0.1, 0.15) is 139 Å².